The number of hydrogen-bond donors (Lipinski definition) is 2. The maximum Gasteiger partial charge on any atom is 0.303 e. The minimum Gasteiger partial charge on any atom is -0.481 e. The largest absolute Gasteiger partial charge is 0.481 e. The van der Waals surface area contributed by atoms with E-state index >= 15 is 0 Å². The fourth-order valence-corrected chi connectivity index (χ4v) is 4.40. The molecule has 0 unspecified atom stereocenters. The number of anilines is 1. The van der Waals surface area contributed by atoms with Gasteiger partial charge in [-0.3, -0.25) is 4.79 Å². The fraction of sp³-hybridized carbons (Fsp3) is 0.273. The van der Waals surface area contributed by atoms with Gasteiger partial charge in [0.15, 0.2) is 0 Å². The molecule has 0 saturated carbocycles. The first-order valence-corrected chi connectivity index (χ1v) is 11.1. The van der Waals surface area contributed by atoms with E-state index in [9.17, 15) is 4.79 Å². The minimum absolute atomic E-state index is 0.278. The standard InChI is InChI=1S/C22H24N2O2S2/c25-21(26)14-7-2-1-4-9-17-10-8-13-19(15-17)28-23-20-16-27-24-22(20)18-11-5-3-6-12-18/h3,5-6,8,10-13,15-16,23H,1-2,4,7,9,14H2,(H,25,26). The lowest BCUT2D eigenvalue weighted by Gasteiger charge is -2.08. The maximum atomic E-state index is 10.5. The lowest BCUT2D eigenvalue weighted by molar-refractivity contribution is -0.137. The van der Waals surface area contributed by atoms with Gasteiger partial charge in [0.2, 0.25) is 0 Å². The molecule has 0 bridgehead atoms. The van der Waals surface area contributed by atoms with Crippen molar-refractivity contribution in [3.05, 3.63) is 65.5 Å². The summed E-state index contributed by atoms with van der Waals surface area (Å²) in [5.74, 6) is -0.700. The molecule has 0 amide bonds. The molecule has 0 aliphatic heterocycles. The first kappa shape index (κ1) is 20.4. The van der Waals surface area contributed by atoms with Crippen LogP contribution in [-0.2, 0) is 11.2 Å². The normalized spacial score (nSPS) is 10.7. The van der Waals surface area contributed by atoms with E-state index in [4.69, 9.17) is 5.11 Å². The van der Waals surface area contributed by atoms with Gasteiger partial charge in [-0.1, -0.05) is 55.3 Å². The highest BCUT2D eigenvalue weighted by Gasteiger charge is 2.08. The highest BCUT2D eigenvalue weighted by molar-refractivity contribution is 8.00. The number of carboxylic acids is 1. The van der Waals surface area contributed by atoms with Gasteiger partial charge in [-0.15, -0.1) is 0 Å². The molecular weight excluding hydrogens is 388 g/mol. The Morgan fingerprint density at radius 2 is 1.86 bits per heavy atom. The second-order valence-electron chi connectivity index (χ2n) is 6.60. The van der Waals surface area contributed by atoms with E-state index in [2.05, 4.69) is 45.5 Å². The van der Waals surface area contributed by atoms with Crippen molar-refractivity contribution in [2.45, 2.75) is 43.4 Å². The molecule has 2 N–H and O–H groups in total. The van der Waals surface area contributed by atoms with E-state index in [0.717, 1.165) is 49.0 Å². The third-order valence-corrected chi connectivity index (χ3v) is 5.84. The second-order valence-corrected chi connectivity index (χ2v) is 8.11. The summed E-state index contributed by atoms with van der Waals surface area (Å²) in [6, 6.07) is 18.8. The summed E-state index contributed by atoms with van der Waals surface area (Å²) in [7, 11) is 0. The Bertz CT molecular complexity index is 881. The van der Waals surface area contributed by atoms with E-state index in [1.165, 1.54) is 22.0 Å². The average Bonchev–Trinajstić information content (AvgIpc) is 3.18. The molecule has 0 atom stereocenters. The third kappa shape index (κ3) is 6.39. The van der Waals surface area contributed by atoms with Crippen LogP contribution in [0.4, 0.5) is 5.69 Å². The first-order chi connectivity index (χ1) is 13.7. The Morgan fingerprint density at radius 3 is 2.68 bits per heavy atom. The quantitative estimate of drug-likeness (QED) is 0.278. The highest BCUT2D eigenvalue weighted by atomic mass is 32.2. The van der Waals surface area contributed by atoms with Gasteiger partial charge in [0.1, 0.15) is 5.69 Å². The van der Waals surface area contributed by atoms with Crippen molar-refractivity contribution in [3.8, 4) is 11.3 Å². The number of aromatic nitrogens is 1. The molecule has 146 valence electrons. The lowest BCUT2D eigenvalue weighted by Crippen LogP contribution is -1.94. The van der Waals surface area contributed by atoms with Crippen LogP contribution >= 0.6 is 23.5 Å². The van der Waals surface area contributed by atoms with Crippen LogP contribution in [0.2, 0.25) is 0 Å². The van der Waals surface area contributed by atoms with Gasteiger partial charge >= 0.3 is 5.97 Å². The zero-order chi connectivity index (χ0) is 19.6. The molecule has 4 nitrogen and oxygen atoms in total. The van der Waals surface area contributed by atoms with Gasteiger partial charge in [0.05, 0.1) is 5.69 Å². The molecule has 2 aromatic carbocycles. The molecular formula is C22H24N2O2S2. The van der Waals surface area contributed by atoms with Crippen LogP contribution in [0.1, 0.15) is 37.7 Å². The van der Waals surface area contributed by atoms with Crippen LogP contribution in [0.15, 0.2) is 64.9 Å². The summed E-state index contributed by atoms with van der Waals surface area (Å²) < 4.78 is 7.96. The smallest absolute Gasteiger partial charge is 0.303 e. The van der Waals surface area contributed by atoms with E-state index < -0.39 is 5.97 Å². The summed E-state index contributed by atoms with van der Waals surface area (Å²) >= 11 is 3.06. The van der Waals surface area contributed by atoms with E-state index in [1.807, 2.05) is 23.6 Å². The Morgan fingerprint density at radius 1 is 1.04 bits per heavy atom. The van der Waals surface area contributed by atoms with Crippen molar-refractivity contribution < 1.29 is 9.90 Å². The molecule has 0 fully saturated rings. The predicted molar refractivity (Wildman–Crippen MR) is 118 cm³/mol. The number of aryl methyl sites for hydroxylation is 1. The van der Waals surface area contributed by atoms with Gasteiger partial charge < -0.3 is 9.83 Å². The lowest BCUT2D eigenvalue weighted by atomic mass is 10.1. The van der Waals surface area contributed by atoms with Crippen molar-refractivity contribution in [1.82, 2.24) is 4.37 Å². The van der Waals surface area contributed by atoms with Gasteiger partial charge in [-0.25, -0.2) is 0 Å². The minimum atomic E-state index is -0.700. The molecule has 0 aliphatic rings. The predicted octanol–water partition coefficient (Wildman–Crippen LogP) is 6.51. The van der Waals surface area contributed by atoms with Gasteiger partial charge in [0.25, 0.3) is 0 Å². The SMILES string of the molecule is O=C(O)CCCCCCc1cccc(SNc2csnc2-c2ccccc2)c1. The molecule has 3 rings (SSSR count). The zero-order valence-electron chi connectivity index (χ0n) is 15.6. The van der Waals surface area contributed by atoms with Crippen LogP contribution < -0.4 is 4.72 Å². The van der Waals surface area contributed by atoms with Crippen molar-refractivity contribution >= 4 is 35.1 Å². The van der Waals surface area contributed by atoms with Crippen LogP contribution in [0.25, 0.3) is 11.3 Å². The molecule has 6 heteroatoms. The number of unbranched alkanes of at least 4 members (excludes halogenated alkanes) is 3. The number of nitrogens with one attached hydrogen (secondary N) is 1. The Labute approximate surface area is 174 Å². The van der Waals surface area contributed by atoms with Crippen molar-refractivity contribution in [1.29, 1.82) is 0 Å². The molecule has 0 radical (unpaired) electrons. The van der Waals surface area contributed by atoms with Crippen LogP contribution in [0.3, 0.4) is 0 Å². The highest BCUT2D eigenvalue weighted by Crippen LogP contribution is 2.32. The summed E-state index contributed by atoms with van der Waals surface area (Å²) in [4.78, 5) is 11.7. The number of carbonyl (C=O) groups is 1. The topological polar surface area (TPSA) is 62.2 Å². The van der Waals surface area contributed by atoms with Crippen molar-refractivity contribution in [3.63, 3.8) is 0 Å². The van der Waals surface area contributed by atoms with E-state index in [1.54, 1.807) is 11.9 Å². The number of aliphatic carboxylic acids is 1. The summed E-state index contributed by atoms with van der Waals surface area (Å²) in [5.41, 5.74) is 4.45. The molecule has 1 heterocycles. The van der Waals surface area contributed by atoms with Crippen molar-refractivity contribution in [2.24, 2.45) is 0 Å². The Balaban J connectivity index is 1.49. The van der Waals surface area contributed by atoms with Crippen LogP contribution in [-0.4, -0.2) is 15.4 Å². The summed E-state index contributed by atoms with van der Waals surface area (Å²) in [6.07, 6.45) is 5.22. The van der Waals surface area contributed by atoms with E-state index in [-0.39, 0.29) is 6.42 Å². The number of rotatable bonds is 11. The average molecular weight is 413 g/mol. The van der Waals surface area contributed by atoms with E-state index in [0.29, 0.717) is 0 Å². The van der Waals surface area contributed by atoms with Crippen LogP contribution in [0, 0.1) is 0 Å². The van der Waals surface area contributed by atoms with Gasteiger partial charge in [0, 0.05) is 22.3 Å². The van der Waals surface area contributed by atoms with Gasteiger partial charge in [-0.05, 0) is 60.4 Å². The van der Waals surface area contributed by atoms with Crippen LogP contribution in [0.5, 0.6) is 0 Å². The zero-order valence-corrected chi connectivity index (χ0v) is 17.3. The fourth-order valence-electron chi connectivity index (χ4n) is 2.95. The molecule has 1 aromatic heterocycles. The number of benzene rings is 2. The molecule has 3 aromatic rings. The molecule has 0 saturated heterocycles. The number of nitrogens with zero attached hydrogens (tertiary/aromatic N) is 1. The summed E-state index contributed by atoms with van der Waals surface area (Å²) in [5, 5.41) is 10.7. The van der Waals surface area contributed by atoms with Crippen molar-refractivity contribution in [2.75, 3.05) is 4.72 Å². The molecule has 0 spiro atoms. The Hall–Kier alpha value is -2.31. The number of carboxylic acid groups (broad SMARTS) is 1. The second kappa shape index (κ2) is 10.9. The molecule has 0 aliphatic carbocycles. The number of hydrogen-bond acceptors (Lipinski definition) is 5. The monoisotopic (exact) mass is 412 g/mol. The third-order valence-electron chi connectivity index (χ3n) is 4.40. The summed E-state index contributed by atoms with van der Waals surface area (Å²) in [6.45, 7) is 0. The Kier molecular flexibility index (Phi) is 7.94. The maximum absolute atomic E-state index is 10.5. The first-order valence-electron chi connectivity index (χ1n) is 9.46. The van der Waals surface area contributed by atoms with Gasteiger partial charge in [-0.2, -0.15) is 4.37 Å². The molecule has 28 heavy (non-hydrogen) atoms.